The van der Waals surface area contributed by atoms with Gasteiger partial charge in [0.15, 0.2) is 5.78 Å². The van der Waals surface area contributed by atoms with Gasteiger partial charge in [0.05, 0.1) is 5.69 Å². The van der Waals surface area contributed by atoms with Gasteiger partial charge >= 0.3 is 0 Å². The molecule has 2 heterocycles. The number of nitrogens with two attached hydrogens (primary N) is 1. The molecule has 0 bridgehead atoms. The van der Waals surface area contributed by atoms with Crippen molar-refractivity contribution in [3.63, 3.8) is 0 Å². The molecule has 4 rings (SSSR count). The second-order valence-electron chi connectivity index (χ2n) is 10.1. The molecule has 1 aliphatic heterocycles. The molecule has 2 aromatic rings. The Bertz CT molecular complexity index is 910. The van der Waals surface area contributed by atoms with E-state index in [4.69, 9.17) is 5.73 Å². The maximum absolute atomic E-state index is 13.0. The number of ketones is 1. The van der Waals surface area contributed by atoms with Crippen LogP contribution >= 0.6 is 0 Å². The fourth-order valence-corrected chi connectivity index (χ4v) is 5.04. The number of fused-ring (bicyclic) bond motifs is 1. The van der Waals surface area contributed by atoms with Crippen molar-refractivity contribution in [3.8, 4) is 0 Å². The quantitative estimate of drug-likeness (QED) is 0.720. The van der Waals surface area contributed by atoms with E-state index in [0.717, 1.165) is 47.9 Å². The summed E-state index contributed by atoms with van der Waals surface area (Å²) in [6.07, 6.45) is 8.21. The van der Waals surface area contributed by atoms with Crippen molar-refractivity contribution in [2.45, 2.75) is 65.8 Å². The molecule has 5 heteroatoms. The molecule has 0 saturated heterocycles. The first-order valence-electron chi connectivity index (χ1n) is 11.3. The molecule has 0 amide bonds. The first-order valence-corrected chi connectivity index (χ1v) is 11.3. The third-order valence-electron chi connectivity index (χ3n) is 7.03. The Kier molecular flexibility index (Phi) is 5.81. The molecule has 0 spiro atoms. The smallest absolute Gasteiger partial charge is 0.220 e. The lowest BCUT2D eigenvalue weighted by Crippen LogP contribution is -2.31. The number of carbonyl (C=O) groups excluding carboxylic acids is 1. The van der Waals surface area contributed by atoms with Gasteiger partial charge in [0.25, 0.3) is 0 Å². The molecule has 160 valence electrons. The summed E-state index contributed by atoms with van der Waals surface area (Å²) in [4.78, 5) is 23.8. The number of benzene rings is 1. The number of nitrogen functional groups attached to an aromatic ring is 1. The largest absolute Gasteiger partial charge is 0.368 e. The number of Topliss-reactive ketones (excluding diaryl/α,β-unsaturated/α-hetero) is 1. The first kappa shape index (κ1) is 20.8. The number of aromatic nitrogens is 2. The fourth-order valence-electron chi connectivity index (χ4n) is 5.04. The summed E-state index contributed by atoms with van der Waals surface area (Å²) in [5, 5.41) is 0. The van der Waals surface area contributed by atoms with E-state index < -0.39 is 0 Å². The summed E-state index contributed by atoms with van der Waals surface area (Å²) >= 11 is 0. The first-order chi connectivity index (χ1) is 14.3. The van der Waals surface area contributed by atoms with Gasteiger partial charge < -0.3 is 10.6 Å². The minimum absolute atomic E-state index is 0.282. The zero-order valence-electron chi connectivity index (χ0n) is 18.5. The van der Waals surface area contributed by atoms with Crippen molar-refractivity contribution < 1.29 is 4.79 Å². The van der Waals surface area contributed by atoms with E-state index in [0.29, 0.717) is 23.7 Å². The molecule has 1 aromatic carbocycles. The van der Waals surface area contributed by atoms with E-state index in [1.165, 1.54) is 25.7 Å². The van der Waals surface area contributed by atoms with Gasteiger partial charge in [0, 0.05) is 48.9 Å². The van der Waals surface area contributed by atoms with Crippen LogP contribution in [0.1, 0.15) is 74.5 Å². The normalized spacial score (nSPS) is 21.9. The number of anilines is 2. The van der Waals surface area contributed by atoms with Crippen LogP contribution in [0.15, 0.2) is 30.5 Å². The SMILES string of the molecule is CC(C)(C)C1CCC(CC(=O)c2cccc(N3CCc4nc(N)ncc4C3)c2)CC1. The second-order valence-corrected chi connectivity index (χ2v) is 10.1. The van der Waals surface area contributed by atoms with Crippen molar-refractivity contribution >= 4 is 17.4 Å². The third-order valence-corrected chi connectivity index (χ3v) is 7.03. The minimum Gasteiger partial charge on any atom is -0.368 e. The Morgan fingerprint density at radius 2 is 1.97 bits per heavy atom. The van der Waals surface area contributed by atoms with Gasteiger partial charge in [-0.3, -0.25) is 4.79 Å². The van der Waals surface area contributed by atoms with Crippen LogP contribution in [0.3, 0.4) is 0 Å². The second kappa shape index (κ2) is 8.37. The van der Waals surface area contributed by atoms with Crippen LogP contribution in [0.2, 0.25) is 0 Å². The molecule has 1 aromatic heterocycles. The topological polar surface area (TPSA) is 72.1 Å². The molecular weight excluding hydrogens is 372 g/mol. The van der Waals surface area contributed by atoms with Gasteiger partial charge in [-0.1, -0.05) is 32.9 Å². The maximum atomic E-state index is 13.0. The fraction of sp³-hybridized carbons (Fsp3) is 0.560. The molecule has 2 N–H and O–H groups in total. The zero-order chi connectivity index (χ0) is 21.3. The van der Waals surface area contributed by atoms with Gasteiger partial charge in [-0.25, -0.2) is 9.97 Å². The Labute approximate surface area is 180 Å². The highest BCUT2D eigenvalue weighted by atomic mass is 16.1. The van der Waals surface area contributed by atoms with Gasteiger partial charge in [-0.2, -0.15) is 0 Å². The highest BCUT2D eigenvalue weighted by Gasteiger charge is 2.30. The van der Waals surface area contributed by atoms with E-state index in [9.17, 15) is 4.79 Å². The lowest BCUT2D eigenvalue weighted by molar-refractivity contribution is 0.0917. The minimum atomic E-state index is 0.282. The lowest BCUT2D eigenvalue weighted by Gasteiger charge is -2.36. The van der Waals surface area contributed by atoms with Crippen LogP contribution in [0.4, 0.5) is 11.6 Å². The average Bonchev–Trinajstić information content (AvgIpc) is 2.73. The molecule has 2 aliphatic rings. The van der Waals surface area contributed by atoms with Crippen molar-refractivity contribution in [1.29, 1.82) is 0 Å². The van der Waals surface area contributed by atoms with Crippen molar-refractivity contribution in [2.24, 2.45) is 17.3 Å². The Morgan fingerprint density at radius 3 is 2.70 bits per heavy atom. The van der Waals surface area contributed by atoms with Crippen LogP contribution in [0, 0.1) is 17.3 Å². The third kappa shape index (κ3) is 4.66. The van der Waals surface area contributed by atoms with Crippen LogP contribution in [0.5, 0.6) is 0 Å². The highest BCUT2D eigenvalue weighted by molar-refractivity contribution is 5.97. The van der Waals surface area contributed by atoms with E-state index in [-0.39, 0.29) is 5.78 Å². The zero-order valence-corrected chi connectivity index (χ0v) is 18.5. The summed E-state index contributed by atoms with van der Waals surface area (Å²) in [5.41, 5.74) is 10.2. The van der Waals surface area contributed by atoms with Crippen molar-refractivity contribution in [1.82, 2.24) is 9.97 Å². The van der Waals surface area contributed by atoms with Gasteiger partial charge in [-0.05, 0) is 55.1 Å². The summed E-state index contributed by atoms with van der Waals surface area (Å²) in [6, 6.07) is 8.13. The summed E-state index contributed by atoms with van der Waals surface area (Å²) in [6.45, 7) is 8.65. The van der Waals surface area contributed by atoms with Gasteiger partial charge in [0.1, 0.15) is 0 Å². The molecule has 0 atom stereocenters. The van der Waals surface area contributed by atoms with Crippen LogP contribution in [-0.2, 0) is 13.0 Å². The van der Waals surface area contributed by atoms with E-state index in [1.54, 1.807) is 0 Å². The molecule has 1 fully saturated rings. The molecular formula is C25H34N4O. The summed E-state index contributed by atoms with van der Waals surface area (Å²) < 4.78 is 0. The van der Waals surface area contributed by atoms with E-state index in [2.05, 4.69) is 47.8 Å². The predicted molar refractivity (Wildman–Crippen MR) is 121 cm³/mol. The standard InChI is InChI=1S/C25H34N4O/c1-25(2,3)20-9-7-17(8-10-20)13-23(30)18-5-4-6-21(14-18)29-12-11-22-19(16-29)15-27-24(26)28-22/h4-6,14-15,17,20H,7-13,16H2,1-3H3,(H2,26,27,28). The molecule has 0 radical (unpaired) electrons. The van der Waals surface area contributed by atoms with E-state index >= 15 is 0 Å². The Balaban J connectivity index is 1.39. The van der Waals surface area contributed by atoms with Crippen molar-refractivity contribution in [3.05, 3.63) is 47.3 Å². The Morgan fingerprint density at radius 1 is 1.20 bits per heavy atom. The van der Waals surface area contributed by atoms with Crippen molar-refractivity contribution in [2.75, 3.05) is 17.2 Å². The molecule has 0 unspecified atom stereocenters. The average molecular weight is 407 g/mol. The number of rotatable bonds is 4. The molecule has 5 nitrogen and oxygen atoms in total. The summed E-state index contributed by atoms with van der Waals surface area (Å²) in [7, 11) is 0. The van der Waals surface area contributed by atoms with Crippen LogP contribution < -0.4 is 10.6 Å². The van der Waals surface area contributed by atoms with Gasteiger partial charge in [0.2, 0.25) is 5.95 Å². The van der Waals surface area contributed by atoms with E-state index in [1.807, 2.05) is 18.3 Å². The summed E-state index contributed by atoms with van der Waals surface area (Å²) in [5.74, 6) is 1.94. The lowest BCUT2D eigenvalue weighted by atomic mass is 9.69. The predicted octanol–water partition coefficient (Wildman–Crippen LogP) is 5.05. The molecule has 1 saturated carbocycles. The Hall–Kier alpha value is -2.43. The monoisotopic (exact) mass is 406 g/mol. The number of hydrogen-bond acceptors (Lipinski definition) is 5. The molecule has 1 aliphatic carbocycles. The molecule has 30 heavy (non-hydrogen) atoms. The van der Waals surface area contributed by atoms with Crippen LogP contribution in [0.25, 0.3) is 0 Å². The number of nitrogens with zero attached hydrogens (tertiary/aromatic N) is 3. The van der Waals surface area contributed by atoms with Gasteiger partial charge in [-0.15, -0.1) is 0 Å². The number of carbonyl (C=O) groups is 1. The highest BCUT2D eigenvalue weighted by Crippen LogP contribution is 2.41. The number of hydrogen-bond donors (Lipinski definition) is 1. The van der Waals surface area contributed by atoms with Crippen LogP contribution in [-0.4, -0.2) is 22.3 Å². The maximum Gasteiger partial charge on any atom is 0.220 e.